The van der Waals surface area contributed by atoms with Crippen molar-refractivity contribution in [2.45, 2.75) is 129 Å². The third-order valence-electron chi connectivity index (χ3n) is 6.60. The zero-order valence-corrected chi connectivity index (χ0v) is 17.0. The summed E-state index contributed by atoms with van der Waals surface area (Å²) in [7, 11) is 2.94. The third kappa shape index (κ3) is 6.47. The molecule has 0 aromatic heterocycles. The van der Waals surface area contributed by atoms with Crippen molar-refractivity contribution < 1.29 is 0 Å². The minimum atomic E-state index is 0.549. The Morgan fingerprint density at radius 2 is 1.57 bits per heavy atom. The van der Waals surface area contributed by atoms with E-state index >= 15 is 0 Å². The van der Waals surface area contributed by atoms with Crippen LogP contribution in [0.25, 0.3) is 0 Å². The highest BCUT2D eigenvalue weighted by atomic mass is 14.4. The summed E-state index contributed by atoms with van der Waals surface area (Å²) in [5, 5.41) is 0.549. The molecular formula is C22H44B. The fourth-order valence-electron chi connectivity index (χ4n) is 5.20. The average molecular weight is 319 g/mol. The van der Waals surface area contributed by atoms with E-state index in [0.717, 1.165) is 17.7 Å². The maximum Gasteiger partial charge on any atom is 0.122 e. The Balaban J connectivity index is 2.92. The van der Waals surface area contributed by atoms with Crippen LogP contribution in [0.4, 0.5) is 0 Å². The molecule has 0 bridgehead atoms. The number of unbranched alkanes of at least 4 members (excludes halogenated alkanes) is 1. The second-order valence-electron chi connectivity index (χ2n) is 8.44. The van der Waals surface area contributed by atoms with Gasteiger partial charge in [0.1, 0.15) is 7.28 Å². The van der Waals surface area contributed by atoms with Crippen LogP contribution in [0.3, 0.4) is 0 Å². The lowest BCUT2D eigenvalue weighted by Crippen LogP contribution is -2.32. The quantitative estimate of drug-likeness (QED) is 0.338. The van der Waals surface area contributed by atoms with E-state index in [1.54, 1.807) is 0 Å². The van der Waals surface area contributed by atoms with E-state index in [4.69, 9.17) is 0 Å². The predicted molar refractivity (Wildman–Crippen MR) is 108 cm³/mol. The second-order valence-corrected chi connectivity index (χ2v) is 8.44. The van der Waals surface area contributed by atoms with E-state index in [-0.39, 0.29) is 0 Å². The van der Waals surface area contributed by atoms with E-state index in [1.165, 1.54) is 83.5 Å². The first-order chi connectivity index (χ1) is 11.1. The molecule has 0 amide bonds. The molecule has 1 radical (unpaired) electrons. The Labute approximate surface area is 148 Å². The SMILES string of the molecule is CCCCC1(C(C)CCC)[B]C(C(CCC)CCC)CCCC1. The Bertz CT molecular complexity index is 276. The van der Waals surface area contributed by atoms with Gasteiger partial charge in [-0.1, -0.05) is 129 Å². The van der Waals surface area contributed by atoms with Crippen molar-refractivity contribution in [1.82, 2.24) is 0 Å². The van der Waals surface area contributed by atoms with Crippen molar-refractivity contribution >= 4 is 7.28 Å². The van der Waals surface area contributed by atoms with Gasteiger partial charge in [0.05, 0.1) is 0 Å². The van der Waals surface area contributed by atoms with Gasteiger partial charge in [-0.3, -0.25) is 0 Å². The molecule has 1 rings (SSSR count). The van der Waals surface area contributed by atoms with Crippen LogP contribution in [0.2, 0.25) is 11.1 Å². The summed E-state index contributed by atoms with van der Waals surface area (Å²) < 4.78 is 0. The molecule has 0 aromatic rings. The first-order valence-electron chi connectivity index (χ1n) is 11.0. The highest BCUT2D eigenvalue weighted by Crippen LogP contribution is 2.53. The maximum atomic E-state index is 2.94. The largest absolute Gasteiger partial charge is 0.122 e. The van der Waals surface area contributed by atoms with Crippen LogP contribution >= 0.6 is 0 Å². The molecule has 0 saturated carbocycles. The first-order valence-corrected chi connectivity index (χ1v) is 11.0. The number of hydrogen-bond donors (Lipinski definition) is 0. The molecule has 3 atom stereocenters. The van der Waals surface area contributed by atoms with Gasteiger partial charge < -0.3 is 0 Å². The van der Waals surface area contributed by atoms with Crippen molar-refractivity contribution in [3.8, 4) is 0 Å². The Morgan fingerprint density at radius 1 is 0.913 bits per heavy atom. The van der Waals surface area contributed by atoms with Crippen LogP contribution in [0.15, 0.2) is 0 Å². The van der Waals surface area contributed by atoms with Gasteiger partial charge in [-0.2, -0.15) is 0 Å². The molecule has 0 aliphatic carbocycles. The molecular weight excluding hydrogens is 275 g/mol. The van der Waals surface area contributed by atoms with Crippen molar-refractivity contribution in [2.75, 3.05) is 0 Å². The predicted octanol–water partition coefficient (Wildman–Crippen LogP) is 8.05. The summed E-state index contributed by atoms with van der Waals surface area (Å²) >= 11 is 0. The fourth-order valence-corrected chi connectivity index (χ4v) is 5.20. The Hall–Kier alpha value is 0.0649. The maximum absolute atomic E-state index is 2.94. The third-order valence-corrected chi connectivity index (χ3v) is 6.60. The average Bonchev–Trinajstić information content (AvgIpc) is 2.76. The summed E-state index contributed by atoms with van der Waals surface area (Å²) in [5.41, 5.74) is 0. The second kappa shape index (κ2) is 11.6. The van der Waals surface area contributed by atoms with Crippen LogP contribution in [0, 0.1) is 11.8 Å². The smallest absolute Gasteiger partial charge is 0.0654 e. The molecule has 0 nitrogen and oxygen atoms in total. The number of hydrogen-bond acceptors (Lipinski definition) is 0. The molecule has 0 spiro atoms. The van der Waals surface area contributed by atoms with Gasteiger partial charge in [-0.15, -0.1) is 0 Å². The summed E-state index contributed by atoms with van der Waals surface area (Å²) in [6, 6.07) is 0. The van der Waals surface area contributed by atoms with Crippen LogP contribution in [-0.4, -0.2) is 7.28 Å². The van der Waals surface area contributed by atoms with Gasteiger partial charge in [0, 0.05) is 0 Å². The van der Waals surface area contributed by atoms with Gasteiger partial charge in [0.2, 0.25) is 0 Å². The van der Waals surface area contributed by atoms with Crippen molar-refractivity contribution in [3.63, 3.8) is 0 Å². The molecule has 1 fully saturated rings. The van der Waals surface area contributed by atoms with Crippen LogP contribution in [0.1, 0.15) is 118 Å². The molecule has 1 heterocycles. The Morgan fingerprint density at radius 3 is 2.13 bits per heavy atom. The molecule has 0 N–H and O–H groups in total. The van der Waals surface area contributed by atoms with E-state index in [1.807, 2.05) is 0 Å². The van der Waals surface area contributed by atoms with Crippen molar-refractivity contribution in [3.05, 3.63) is 0 Å². The summed E-state index contributed by atoms with van der Waals surface area (Å²) in [6.07, 6.45) is 18.5. The lowest BCUT2D eigenvalue weighted by atomic mass is 9.37. The van der Waals surface area contributed by atoms with Gasteiger partial charge in [0.25, 0.3) is 0 Å². The molecule has 1 saturated heterocycles. The molecule has 0 aromatic carbocycles. The monoisotopic (exact) mass is 319 g/mol. The molecule has 135 valence electrons. The minimum absolute atomic E-state index is 0.549. The lowest BCUT2D eigenvalue weighted by Gasteiger charge is -2.42. The van der Waals surface area contributed by atoms with Crippen LogP contribution < -0.4 is 0 Å². The topological polar surface area (TPSA) is 0 Å². The van der Waals surface area contributed by atoms with E-state index < -0.39 is 0 Å². The summed E-state index contributed by atoms with van der Waals surface area (Å²) in [6.45, 7) is 12.1. The van der Waals surface area contributed by atoms with Gasteiger partial charge in [-0.25, -0.2) is 0 Å². The van der Waals surface area contributed by atoms with E-state index in [0.29, 0.717) is 5.31 Å². The lowest BCUT2D eigenvalue weighted by molar-refractivity contribution is 0.301. The standard InChI is InChI=1S/C22H44B/c1-6-10-17-22(19(5)13-7-2)18-12-11-16-21(23-22)20(14-8-3)15-9-4/h19-21H,6-18H2,1-5H3. The molecule has 1 heteroatoms. The highest BCUT2D eigenvalue weighted by molar-refractivity contribution is 6.42. The van der Waals surface area contributed by atoms with Crippen LogP contribution in [-0.2, 0) is 0 Å². The van der Waals surface area contributed by atoms with E-state index in [2.05, 4.69) is 41.9 Å². The number of rotatable bonds is 11. The van der Waals surface area contributed by atoms with Crippen LogP contribution in [0.5, 0.6) is 0 Å². The normalized spacial score (nSPS) is 26.8. The first kappa shape index (κ1) is 21.1. The molecule has 23 heavy (non-hydrogen) atoms. The molecule has 1 aliphatic heterocycles. The highest BCUT2D eigenvalue weighted by Gasteiger charge is 2.40. The van der Waals surface area contributed by atoms with Gasteiger partial charge in [-0.05, 0) is 11.8 Å². The Kier molecular flexibility index (Phi) is 10.6. The zero-order chi connectivity index (χ0) is 17.1. The van der Waals surface area contributed by atoms with Crippen molar-refractivity contribution in [2.24, 2.45) is 11.8 Å². The summed E-state index contributed by atoms with van der Waals surface area (Å²) in [4.78, 5) is 0. The zero-order valence-electron chi connectivity index (χ0n) is 17.0. The van der Waals surface area contributed by atoms with E-state index in [9.17, 15) is 0 Å². The molecule has 1 aliphatic rings. The molecule has 3 unspecified atom stereocenters. The van der Waals surface area contributed by atoms with Gasteiger partial charge in [0.15, 0.2) is 0 Å². The summed E-state index contributed by atoms with van der Waals surface area (Å²) in [5.74, 6) is 2.73. The fraction of sp³-hybridized carbons (Fsp3) is 1.00. The minimum Gasteiger partial charge on any atom is -0.0654 e. The van der Waals surface area contributed by atoms with Gasteiger partial charge >= 0.3 is 0 Å². The van der Waals surface area contributed by atoms with Crippen molar-refractivity contribution in [1.29, 1.82) is 0 Å².